The summed E-state index contributed by atoms with van der Waals surface area (Å²) >= 11 is 1.84. The number of carbonyl (C=O) groups is 2. The van der Waals surface area contributed by atoms with Crippen molar-refractivity contribution in [3.63, 3.8) is 0 Å². The number of hydrogen-bond acceptors (Lipinski definition) is 4. The van der Waals surface area contributed by atoms with Crippen LogP contribution in [-0.2, 0) is 4.79 Å². The predicted molar refractivity (Wildman–Crippen MR) is 82.1 cm³/mol. The van der Waals surface area contributed by atoms with E-state index >= 15 is 0 Å². The molecule has 1 fully saturated rings. The summed E-state index contributed by atoms with van der Waals surface area (Å²) in [5, 5.41) is 11.4. The third-order valence-corrected chi connectivity index (χ3v) is 4.40. The molecule has 1 unspecified atom stereocenters. The standard InChI is InChI=1S/C14H18N2O4S/c1-16(10-6-7-21-9-10)14(19)15-11-4-2-3-5-12(11)20-8-13(17)18/h2-5,10H,6-9H2,1H3,(H,15,19)(H,17,18). The highest BCUT2D eigenvalue weighted by Gasteiger charge is 2.24. The van der Waals surface area contributed by atoms with E-state index in [0.717, 1.165) is 17.9 Å². The van der Waals surface area contributed by atoms with Gasteiger partial charge in [-0.3, -0.25) is 0 Å². The lowest BCUT2D eigenvalue weighted by Crippen LogP contribution is -2.39. The zero-order chi connectivity index (χ0) is 15.2. The maximum absolute atomic E-state index is 12.2. The molecule has 0 aliphatic carbocycles. The van der Waals surface area contributed by atoms with Crippen LogP contribution in [0.4, 0.5) is 10.5 Å². The highest BCUT2D eigenvalue weighted by Crippen LogP contribution is 2.26. The van der Waals surface area contributed by atoms with E-state index in [0.29, 0.717) is 11.4 Å². The number of para-hydroxylation sites is 2. The average molecular weight is 310 g/mol. The number of carboxylic acid groups (broad SMARTS) is 1. The van der Waals surface area contributed by atoms with Crippen LogP contribution in [0.15, 0.2) is 24.3 Å². The van der Waals surface area contributed by atoms with Gasteiger partial charge in [0.15, 0.2) is 6.61 Å². The lowest BCUT2D eigenvalue weighted by molar-refractivity contribution is -0.139. The van der Waals surface area contributed by atoms with Crippen molar-refractivity contribution in [1.82, 2.24) is 4.90 Å². The molecule has 6 nitrogen and oxygen atoms in total. The molecule has 2 amide bonds. The van der Waals surface area contributed by atoms with Gasteiger partial charge in [0.1, 0.15) is 5.75 Å². The van der Waals surface area contributed by atoms with E-state index in [4.69, 9.17) is 9.84 Å². The van der Waals surface area contributed by atoms with Gasteiger partial charge in [0, 0.05) is 18.8 Å². The Bertz CT molecular complexity index is 517. The summed E-state index contributed by atoms with van der Waals surface area (Å²) in [4.78, 5) is 24.5. The molecule has 0 bridgehead atoms. The van der Waals surface area contributed by atoms with Gasteiger partial charge in [0.2, 0.25) is 0 Å². The van der Waals surface area contributed by atoms with Crippen molar-refractivity contribution in [2.45, 2.75) is 12.5 Å². The Kier molecular flexibility index (Phi) is 5.32. The van der Waals surface area contributed by atoms with Gasteiger partial charge < -0.3 is 20.1 Å². The van der Waals surface area contributed by atoms with E-state index in [1.807, 2.05) is 11.8 Å². The Balaban J connectivity index is 2.00. The number of benzene rings is 1. The Morgan fingerprint density at radius 1 is 1.48 bits per heavy atom. The van der Waals surface area contributed by atoms with E-state index < -0.39 is 12.6 Å². The van der Waals surface area contributed by atoms with Crippen molar-refractivity contribution in [2.24, 2.45) is 0 Å². The summed E-state index contributed by atoms with van der Waals surface area (Å²) in [6, 6.07) is 6.82. The minimum absolute atomic E-state index is 0.214. The third-order valence-electron chi connectivity index (χ3n) is 3.25. The minimum Gasteiger partial charge on any atom is -0.480 e. The summed E-state index contributed by atoms with van der Waals surface area (Å²) in [6.07, 6.45) is 0.992. The van der Waals surface area contributed by atoms with Crippen LogP contribution in [0.1, 0.15) is 6.42 Å². The highest BCUT2D eigenvalue weighted by molar-refractivity contribution is 7.99. The van der Waals surface area contributed by atoms with Gasteiger partial charge >= 0.3 is 12.0 Å². The summed E-state index contributed by atoms with van der Waals surface area (Å²) in [7, 11) is 1.77. The molecule has 7 heteroatoms. The molecular weight excluding hydrogens is 292 g/mol. The van der Waals surface area contributed by atoms with Crippen LogP contribution in [-0.4, -0.2) is 53.2 Å². The number of nitrogens with zero attached hydrogens (tertiary/aromatic N) is 1. The predicted octanol–water partition coefficient (Wildman–Crippen LogP) is 2.12. The fraction of sp³-hybridized carbons (Fsp3) is 0.429. The molecule has 0 saturated carbocycles. The number of urea groups is 1. The molecule has 1 atom stereocenters. The van der Waals surface area contributed by atoms with Gasteiger partial charge in [-0.05, 0) is 24.3 Å². The Morgan fingerprint density at radius 2 is 2.24 bits per heavy atom. The molecule has 0 aromatic heterocycles. The smallest absolute Gasteiger partial charge is 0.341 e. The number of anilines is 1. The third kappa shape index (κ3) is 4.29. The number of rotatable bonds is 5. The largest absolute Gasteiger partial charge is 0.480 e. The number of carboxylic acids is 1. The lowest BCUT2D eigenvalue weighted by atomic mass is 10.2. The molecule has 21 heavy (non-hydrogen) atoms. The molecule has 114 valence electrons. The van der Waals surface area contributed by atoms with Crippen LogP contribution < -0.4 is 10.1 Å². The van der Waals surface area contributed by atoms with Gasteiger partial charge in [-0.2, -0.15) is 11.8 Å². The van der Waals surface area contributed by atoms with E-state index in [2.05, 4.69) is 5.32 Å². The second-order valence-corrected chi connectivity index (χ2v) is 5.89. The second kappa shape index (κ2) is 7.21. The number of aliphatic carboxylic acids is 1. The van der Waals surface area contributed by atoms with Crippen LogP contribution >= 0.6 is 11.8 Å². The zero-order valence-corrected chi connectivity index (χ0v) is 12.6. The van der Waals surface area contributed by atoms with Gasteiger partial charge in [-0.15, -0.1) is 0 Å². The maximum Gasteiger partial charge on any atom is 0.341 e. The fourth-order valence-corrected chi connectivity index (χ4v) is 3.30. The highest BCUT2D eigenvalue weighted by atomic mass is 32.2. The first-order valence-corrected chi connectivity index (χ1v) is 7.78. The summed E-state index contributed by atoms with van der Waals surface area (Å²) in [5.74, 6) is 1.31. The van der Waals surface area contributed by atoms with Crippen molar-refractivity contribution in [1.29, 1.82) is 0 Å². The van der Waals surface area contributed by atoms with E-state index in [1.54, 1.807) is 36.2 Å². The van der Waals surface area contributed by atoms with Crippen LogP contribution in [0.2, 0.25) is 0 Å². The SMILES string of the molecule is CN(C(=O)Nc1ccccc1OCC(=O)O)C1CCSC1. The quantitative estimate of drug-likeness (QED) is 0.871. The lowest BCUT2D eigenvalue weighted by Gasteiger charge is -2.24. The number of ether oxygens (including phenoxy) is 1. The summed E-state index contributed by atoms with van der Waals surface area (Å²) in [6.45, 7) is -0.442. The minimum atomic E-state index is -1.06. The molecule has 1 heterocycles. The van der Waals surface area contributed by atoms with Crippen molar-refractivity contribution in [2.75, 3.05) is 30.5 Å². The Labute approximate surface area is 127 Å². The molecule has 0 radical (unpaired) electrons. The monoisotopic (exact) mass is 310 g/mol. The van der Waals surface area contributed by atoms with Gasteiger partial charge in [0.25, 0.3) is 0 Å². The molecule has 0 spiro atoms. The second-order valence-electron chi connectivity index (χ2n) is 4.74. The van der Waals surface area contributed by atoms with Gasteiger partial charge in [-0.1, -0.05) is 12.1 Å². The molecule has 1 aliphatic heterocycles. The van der Waals surface area contributed by atoms with Crippen molar-refractivity contribution >= 4 is 29.4 Å². The Hall–Kier alpha value is -1.89. The Morgan fingerprint density at radius 3 is 2.90 bits per heavy atom. The van der Waals surface area contributed by atoms with Crippen LogP contribution in [0.5, 0.6) is 5.75 Å². The van der Waals surface area contributed by atoms with Crippen LogP contribution in [0.25, 0.3) is 0 Å². The molecule has 2 rings (SSSR count). The average Bonchev–Trinajstić information content (AvgIpc) is 2.99. The number of hydrogen-bond donors (Lipinski definition) is 2. The van der Waals surface area contributed by atoms with Crippen molar-refractivity contribution < 1.29 is 19.4 Å². The molecule has 2 N–H and O–H groups in total. The molecular formula is C14H18N2O4S. The van der Waals surface area contributed by atoms with E-state index in [9.17, 15) is 9.59 Å². The van der Waals surface area contributed by atoms with Crippen molar-refractivity contribution in [3.05, 3.63) is 24.3 Å². The number of nitrogens with one attached hydrogen (secondary N) is 1. The first kappa shape index (κ1) is 15.5. The first-order valence-electron chi connectivity index (χ1n) is 6.63. The molecule has 1 aromatic carbocycles. The molecule has 1 aliphatic rings. The van der Waals surface area contributed by atoms with Gasteiger partial charge in [0.05, 0.1) is 5.69 Å². The topological polar surface area (TPSA) is 78.9 Å². The number of thioether (sulfide) groups is 1. The summed E-state index contributed by atoms with van der Waals surface area (Å²) < 4.78 is 5.17. The zero-order valence-electron chi connectivity index (χ0n) is 11.7. The van der Waals surface area contributed by atoms with E-state index in [-0.39, 0.29) is 12.1 Å². The van der Waals surface area contributed by atoms with Crippen molar-refractivity contribution in [3.8, 4) is 5.75 Å². The molecule has 1 aromatic rings. The maximum atomic E-state index is 12.2. The van der Waals surface area contributed by atoms with Crippen LogP contribution in [0.3, 0.4) is 0 Å². The summed E-state index contributed by atoms with van der Waals surface area (Å²) in [5.41, 5.74) is 0.473. The number of amides is 2. The van der Waals surface area contributed by atoms with Crippen LogP contribution in [0, 0.1) is 0 Å². The normalized spacial score (nSPS) is 17.3. The number of carbonyl (C=O) groups excluding carboxylic acids is 1. The van der Waals surface area contributed by atoms with Gasteiger partial charge in [-0.25, -0.2) is 9.59 Å². The van der Waals surface area contributed by atoms with E-state index in [1.165, 1.54) is 0 Å². The molecule has 1 saturated heterocycles. The fourth-order valence-electron chi connectivity index (χ4n) is 2.03. The first-order chi connectivity index (χ1) is 10.1.